The number of aromatic nitrogens is 2. The van der Waals surface area contributed by atoms with Gasteiger partial charge in [0.25, 0.3) is 0 Å². The first-order valence-electron chi connectivity index (χ1n) is 8.90. The third kappa shape index (κ3) is 3.77. The molecule has 1 saturated heterocycles. The number of hydrogen-bond acceptors (Lipinski definition) is 4. The average Bonchev–Trinajstić information content (AvgIpc) is 3.18. The SMILES string of the molecule is CN1CCN(C(=O)C(CCN)c2cn[nH]c2)C(Cc2ccccc2)C1=O. The number of nitrogens with zero attached hydrogens (tertiary/aromatic N) is 3. The molecule has 1 aliphatic rings. The third-order valence-corrected chi connectivity index (χ3v) is 4.94. The van der Waals surface area contributed by atoms with E-state index in [0.717, 1.165) is 11.1 Å². The third-order valence-electron chi connectivity index (χ3n) is 4.94. The summed E-state index contributed by atoms with van der Waals surface area (Å²) in [5.41, 5.74) is 7.58. The summed E-state index contributed by atoms with van der Waals surface area (Å²) >= 11 is 0. The second-order valence-electron chi connectivity index (χ2n) is 6.66. The number of nitrogens with one attached hydrogen (secondary N) is 1. The fourth-order valence-corrected chi connectivity index (χ4v) is 3.46. The molecule has 138 valence electrons. The maximum absolute atomic E-state index is 13.3. The van der Waals surface area contributed by atoms with E-state index in [1.807, 2.05) is 30.3 Å². The van der Waals surface area contributed by atoms with Gasteiger partial charge in [-0.1, -0.05) is 30.3 Å². The standard InChI is InChI=1S/C19H25N5O2/c1-23-9-10-24(17(19(23)26)11-14-5-3-2-4-6-14)18(25)16(7-8-20)15-12-21-22-13-15/h2-6,12-13,16-17H,7-11,20H2,1H3,(H,21,22). The van der Waals surface area contributed by atoms with Crippen LogP contribution in [0.2, 0.25) is 0 Å². The minimum absolute atomic E-state index is 0.0212. The van der Waals surface area contributed by atoms with Crippen LogP contribution in [-0.2, 0) is 16.0 Å². The van der Waals surface area contributed by atoms with Crippen molar-refractivity contribution in [1.29, 1.82) is 0 Å². The number of rotatable bonds is 6. The predicted octanol–water partition coefficient (Wildman–Crippen LogP) is 0.754. The van der Waals surface area contributed by atoms with Gasteiger partial charge >= 0.3 is 0 Å². The molecule has 1 fully saturated rings. The summed E-state index contributed by atoms with van der Waals surface area (Å²) in [4.78, 5) is 29.5. The molecule has 3 rings (SSSR count). The van der Waals surface area contributed by atoms with E-state index in [9.17, 15) is 9.59 Å². The van der Waals surface area contributed by atoms with Crippen molar-refractivity contribution in [2.45, 2.75) is 24.8 Å². The van der Waals surface area contributed by atoms with Gasteiger partial charge in [0.05, 0.1) is 12.1 Å². The monoisotopic (exact) mass is 355 g/mol. The molecular weight excluding hydrogens is 330 g/mol. The van der Waals surface area contributed by atoms with Gasteiger partial charge in [-0.3, -0.25) is 14.7 Å². The lowest BCUT2D eigenvalue weighted by molar-refractivity contribution is -0.151. The number of nitrogens with two attached hydrogens (primary N) is 1. The lowest BCUT2D eigenvalue weighted by Gasteiger charge is -2.40. The van der Waals surface area contributed by atoms with Crippen LogP contribution in [0.1, 0.15) is 23.5 Å². The highest BCUT2D eigenvalue weighted by molar-refractivity contribution is 5.91. The number of carbonyl (C=O) groups excluding carboxylic acids is 2. The lowest BCUT2D eigenvalue weighted by atomic mass is 9.94. The zero-order valence-electron chi connectivity index (χ0n) is 15.0. The summed E-state index contributed by atoms with van der Waals surface area (Å²) in [6.07, 6.45) is 4.41. The highest BCUT2D eigenvalue weighted by Crippen LogP contribution is 2.25. The Morgan fingerprint density at radius 2 is 2.12 bits per heavy atom. The minimum Gasteiger partial charge on any atom is -0.342 e. The fourth-order valence-electron chi connectivity index (χ4n) is 3.46. The quantitative estimate of drug-likeness (QED) is 0.799. The first-order valence-corrected chi connectivity index (χ1v) is 8.90. The van der Waals surface area contributed by atoms with Crippen LogP contribution in [0.5, 0.6) is 0 Å². The molecule has 1 aliphatic heterocycles. The number of aromatic amines is 1. The summed E-state index contributed by atoms with van der Waals surface area (Å²) in [6.45, 7) is 1.46. The zero-order chi connectivity index (χ0) is 18.5. The Kier molecular flexibility index (Phi) is 5.68. The summed E-state index contributed by atoms with van der Waals surface area (Å²) in [5.74, 6) is -0.459. The van der Waals surface area contributed by atoms with Crippen LogP contribution in [-0.4, -0.2) is 64.5 Å². The molecule has 2 aromatic rings. The Morgan fingerprint density at radius 3 is 2.77 bits per heavy atom. The normalized spacial score (nSPS) is 18.8. The van der Waals surface area contributed by atoms with E-state index in [0.29, 0.717) is 32.5 Å². The van der Waals surface area contributed by atoms with Crippen molar-refractivity contribution in [3.05, 3.63) is 53.9 Å². The molecule has 0 spiro atoms. The molecular formula is C19H25N5O2. The number of carbonyl (C=O) groups is 2. The van der Waals surface area contributed by atoms with E-state index in [2.05, 4.69) is 10.2 Å². The average molecular weight is 355 g/mol. The molecule has 26 heavy (non-hydrogen) atoms. The molecule has 7 heteroatoms. The van der Waals surface area contributed by atoms with E-state index in [1.54, 1.807) is 29.2 Å². The summed E-state index contributed by atoms with van der Waals surface area (Å²) < 4.78 is 0. The molecule has 0 radical (unpaired) electrons. The van der Waals surface area contributed by atoms with Gasteiger partial charge in [-0.05, 0) is 18.5 Å². The molecule has 0 bridgehead atoms. The van der Waals surface area contributed by atoms with Gasteiger partial charge < -0.3 is 15.5 Å². The van der Waals surface area contributed by atoms with Crippen molar-refractivity contribution < 1.29 is 9.59 Å². The van der Waals surface area contributed by atoms with E-state index >= 15 is 0 Å². The Balaban J connectivity index is 1.86. The molecule has 2 heterocycles. The second kappa shape index (κ2) is 8.14. The molecule has 0 aliphatic carbocycles. The maximum atomic E-state index is 13.3. The first-order chi connectivity index (χ1) is 12.6. The zero-order valence-corrected chi connectivity index (χ0v) is 15.0. The van der Waals surface area contributed by atoms with Crippen LogP contribution >= 0.6 is 0 Å². The van der Waals surface area contributed by atoms with Crippen LogP contribution in [0.15, 0.2) is 42.7 Å². The first kappa shape index (κ1) is 18.1. The van der Waals surface area contributed by atoms with Crippen molar-refractivity contribution in [3.8, 4) is 0 Å². The fraction of sp³-hybridized carbons (Fsp3) is 0.421. The van der Waals surface area contributed by atoms with Crippen LogP contribution in [0.3, 0.4) is 0 Å². The van der Waals surface area contributed by atoms with E-state index in [4.69, 9.17) is 5.73 Å². The molecule has 0 saturated carbocycles. The maximum Gasteiger partial charge on any atom is 0.245 e. The van der Waals surface area contributed by atoms with Crippen LogP contribution in [0, 0.1) is 0 Å². The second-order valence-corrected chi connectivity index (χ2v) is 6.66. The summed E-state index contributed by atoms with van der Waals surface area (Å²) in [7, 11) is 1.79. The summed E-state index contributed by atoms with van der Waals surface area (Å²) in [5, 5.41) is 6.71. The number of H-pyrrole nitrogens is 1. The van der Waals surface area contributed by atoms with Crippen molar-refractivity contribution >= 4 is 11.8 Å². The molecule has 1 aromatic heterocycles. The Labute approximate surface area is 153 Å². The van der Waals surface area contributed by atoms with Gasteiger partial charge in [0.1, 0.15) is 6.04 Å². The number of piperazine rings is 1. The molecule has 7 nitrogen and oxygen atoms in total. The highest BCUT2D eigenvalue weighted by Gasteiger charge is 2.38. The van der Waals surface area contributed by atoms with Crippen LogP contribution in [0.25, 0.3) is 0 Å². The van der Waals surface area contributed by atoms with E-state index < -0.39 is 6.04 Å². The van der Waals surface area contributed by atoms with Gasteiger partial charge in [-0.25, -0.2) is 0 Å². The van der Waals surface area contributed by atoms with E-state index in [1.165, 1.54) is 0 Å². The van der Waals surface area contributed by atoms with Gasteiger partial charge in [0, 0.05) is 38.3 Å². The van der Waals surface area contributed by atoms with E-state index in [-0.39, 0.29) is 17.7 Å². The molecule has 2 atom stereocenters. The predicted molar refractivity (Wildman–Crippen MR) is 98.3 cm³/mol. The number of hydrogen-bond donors (Lipinski definition) is 2. The van der Waals surface area contributed by atoms with Crippen molar-refractivity contribution in [3.63, 3.8) is 0 Å². The van der Waals surface area contributed by atoms with Gasteiger partial charge in [-0.2, -0.15) is 5.10 Å². The summed E-state index contributed by atoms with van der Waals surface area (Å²) in [6, 6.07) is 9.31. The molecule has 3 N–H and O–H groups in total. The Morgan fingerprint density at radius 1 is 1.35 bits per heavy atom. The Hall–Kier alpha value is -2.67. The molecule has 1 aromatic carbocycles. The highest BCUT2D eigenvalue weighted by atomic mass is 16.2. The van der Waals surface area contributed by atoms with Gasteiger partial charge in [0.2, 0.25) is 11.8 Å². The smallest absolute Gasteiger partial charge is 0.245 e. The van der Waals surface area contributed by atoms with Gasteiger partial charge in [0.15, 0.2) is 0 Å². The van der Waals surface area contributed by atoms with Crippen LogP contribution in [0.4, 0.5) is 0 Å². The number of benzene rings is 1. The minimum atomic E-state index is -0.490. The topological polar surface area (TPSA) is 95.3 Å². The van der Waals surface area contributed by atoms with Crippen LogP contribution < -0.4 is 5.73 Å². The number of amides is 2. The largest absolute Gasteiger partial charge is 0.342 e. The molecule has 2 unspecified atom stereocenters. The number of likely N-dealkylation sites (N-methyl/N-ethyl adjacent to an activating group) is 1. The molecule has 2 amide bonds. The van der Waals surface area contributed by atoms with Crippen molar-refractivity contribution in [2.75, 3.05) is 26.7 Å². The van der Waals surface area contributed by atoms with Gasteiger partial charge in [-0.15, -0.1) is 0 Å². The lowest BCUT2D eigenvalue weighted by Crippen LogP contribution is -2.59. The Bertz CT molecular complexity index is 732. The van der Waals surface area contributed by atoms with Crippen molar-refractivity contribution in [2.24, 2.45) is 5.73 Å². The van der Waals surface area contributed by atoms with Crippen molar-refractivity contribution in [1.82, 2.24) is 20.0 Å².